The monoisotopic (exact) mass is 322 g/mol. The SMILES string of the molecule is CC(=O)N/C(=C\c1ccccc1)C(=O)Nc1cccc(C(C)=O)c1. The lowest BCUT2D eigenvalue weighted by molar-refractivity contribution is -0.120. The zero-order valence-corrected chi connectivity index (χ0v) is 13.5. The van der Waals surface area contributed by atoms with E-state index >= 15 is 0 Å². The fourth-order valence-electron chi connectivity index (χ4n) is 2.08. The lowest BCUT2D eigenvalue weighted by atomic mass is 10.1. The molecular formula is C19H18N2O3. The fourth-order valence-corrected chi connectivity index (χ4v) is 2.08. The van der Waals surface area contributed by atoms with Gasteiger partial charge in [0.15, 0.2) is 5.78 Å². The largest absolute Gasteiger partial charge is 0.322 e. The van der Waals surface area contributed by atoms with E-state index in [1.54, 1.807) is 30.3 Å². The van der Waals surface area contributed by atoms with E-state index in [4.69, 9.17) is 0 Å². The van der Waals surface area contributed by atoms with Crippen molar-refractivity contribution in [3.63, 3.8) is 0 Å². The van der Waals surface area contributed by atoms with E-state index in [-0.39, 0.29) is 17.4 Å². The topological polar surface area (TPSA) is 75.3 Å². The van der Waals surface area contributed by atoms with Crippen molar-refractivity contribution in [1.82, 2.24) is 5.32 Å². The van der Waals surface area contributed by atoms with Gasteiger partial charge in [-0.25, -0.2) is 0 Å². The van der Waals surface area contributed by atoms with Gasteiger partial charge in [0.05, 0.1) is 0 Å². The van der Waals surface area contributed by atoms with E-state index < -0.39 is 5.91 Å². The van der Waals surface area contributed by atoms with Crippen molar-refractivity contribution in [1.29, 1.82) is 0 Å². The molecule has 0 saturated heterocycles. The van der Waals surface area contributed by atoms with Crippen molar-refractivity contribution in [2.24, 2.45) is 0 Å². The van der Waals surface area contributed by atoms with Crippen LogP contribution >= 0.6 is 0 Å². The van der Waals surface area contributed by atoms with Gasteiger partial charge in [-0.2, -0.15) is 0 Å². The first-order valence-electron chi connectivity index (χ1n) is 7.42. The van der Waals surface area contributed by atoms with Crippen LogP contribution in [0.5, 0.6) is 0 Å². The van der Waals surface area contributed by atoms with Crippen molar-refractivity contribution < 1.29 is 14.4 Å². The van der Waals surface area contributed by atoms with Crippen molar-refractivity contribution in [2.75, 3.05) is 5.32 Å². The van der Waals surface area contributed by atoms with Gasteiger partial charge < -0.3 is 10.6 Å². The Hall–Kier alpha value is -3.21. The number of hydrogen-bond donors (Lipinski definition) is 2. The van der Waals surface area contributed by atoms with Crippen LogP contribution in [-0.2, 0) is 9.59 Å². The summed E-state index contributed by atoms with van der Waals surface area (Å²) in [4.78, 5) is 35.2. The molecule has 2 aromatic carbocycles. The van der Waals surface area contributed by atoms with Crippen LogP contribution in [0.4, 0.5) is 5.69 Å². The van der Waals surface area contributed by atoms with Crippen LogP contribution < -0.4 is 10.6 Å². The summed E-state index contributed by atoms with van der Waals surface area (Å²) in [5.41, 5.74) is 1.90. The maximum atomic E-state index is 12.5. The molecule has 0 fully saturated rings. The highest BCUT2D eigenvalue weighted by Gasteiger charge is 2.12. The molecule has 0 aromatic heterocycles. The van der Waals surface area contributed by atoms with Gasteiger partial charge in [-0.15, -0.1) is 0 Å². The Balaban J connectivity index is 2.25. The number of hydrogen-bond acceptors (Lipinski definition) is 3. The van der Waals surface area contributed by atoms with E-state index in [0.29, 0.717) is 11.3 Å². The molecule has 122 valence electrons. The standard InChI is InChI=1S/C19H18N2O3/c1-13(22)16-9-6-10-17(12-16)21-19(24)18(20-14(2)23)11-15-7-4-3-5-8-15/h3-12H,1-2H3,(H,20,23)(H,21,24)/b18-11-. The molecule has 5 heteroatoms. The van der Waals surface area contributed by atoms with Gasteiger partial charge in [-0.05, 0) is 30.7 Å². The minimum absolute atomic E-state index is 0.0898. The number of Topliss-reactive ketones (excluding diaryl/α,β-unsaturated/α-hetero) is 1. The third kappa shape index (κ3) is 4.91. The van der Waals surface area contributed by atoms with Gasteiger partial charge in [-0.3, -0.25) is 14.4 Å². The number of ketones is 1. The number of anilines is 1. The number of nitrogens with one attached hydrogen (secondary N) is 2. The third-order valence-electron chi connectivity index (χ3n) is 3.19. The fraction of sp³-hybridized carbons (Fsp3) is 0.105. The normalized spacial score (nSPS) is 10.8. The van der Waals surface area contributed by atoms with Crippen LogP contribution in [0.1, 0.15) is 29.8 Å². The van der Waals surface area contributed by atoms with Gasteiger partial charge in [-0.1, -0.05) is 42.5 Å². The molecule has 0 unspecified atom stereocenters. The van der Waals surface area contributed by atoms with E-state index in [2.05, 4.69) is 10.6 Å². The summed E-state index contributed by atoms with van der Waals surface area (Å²) in [6.07, 6.45) is 1.59. The molecule has 2 aromatic rings. The molecule has 2 rings (SSSR count). The lowest BCUT2D eigenvalue weighted by Crippen LogP contribution is -2.29. The van der Waals surface area contributed by atoms with Gasteiger partial charge in [0, 0.05) is 18.2 Å². The highest BCUT2D eigenvalue weighted by atomic mass is 16.2. The van der Waals surface area contributed by atoms with E-state index in [1.165, 1.54) is 13.8 Å². The van der Waals surface area contributed by atoms with Crippen LogP contribution in [0.3, 0.4) is 0 Å². The minimum Gasteiger partial charge on any atom is -0.322 e. The highest BCUT2D eigenvalue weighted by Crippen LogP contribution is 2.13. The van der Waals surface area contributed by atoms with E-state index in [9.17, 15) is 14.4 Å². The molecule has 0 aliphatic rings. The van der Waals surface area contributed by atoms with Crippen molar-refractivity contribution in [3.05, 3.63) is 71.4 Å². The van der Waals surface area contributed by atoms with Crippen LogP contribution in [0.15, 0.2) is 60.3 Å². The molecule has 2 N–H and O–H groups in total. The van der Waals surface area contributed by atoms with Crippen LogP contribution in [0.2, 0.25) is 0 Å². The molecule has 0 aliphatic heterocycles. The summed E-state index contributed by atoms with van der Waals surface area (Å²) in [5.74, 6) is -0.896. The number of benzene rings is 2. The Morgan fingerprint density at radius 3 is 2.25 bits per heavy atom. The summed E-state index contributed by atoms with van der Waals surface area (Å²) in [7, 11) is 0. The molecule has 0 spiro atoms. The second-order valence-electron chi connectivity index (χ2n) is 5.24. The number of carbonyl (C=O) groups excluding carboxylic acids is 3. The zero-order valence-electron chi connectivity index (χ0n) is 13.5. The average molecular weight is 322 g/mol. The van der Waals surface area contributed by atoms with E-state index in [1.807, 2.05) is 30.3 Å². The number of carbonyl (C=O) groups is 3. The predicted molar refractivity (Wildman–Crippen MR) is 93.3 cm³/mol. The molecular weight excluding hydrogens is 304 g/mol. The summed E-state index contributed by atoms with van der Waals surface area (Å²) >= 11 is 0. The molecule has 0 radical (unpaired) electrons. The summed E-state index contributed by atoms with van der Waals surface area (Å²) < 4.78 is 0. The van der Waals surface area contributed by atoms with Crippen molar-refractivity contribution in [2.45, 2.75) is 13.8 Å². The van der Waals surface area contributed by atoms with Gasteiger partial charge >= 0.3 is 0 Å². The Bertz CT molecular complexity index is 795. The summed E-state index contributed by atoms with van der Waals surface area (Å²) in [6, 6.07) is 15.8. The smallest absolute Gasteiger partial charge is 0.272 e. The predicted octanol–water partition coefficient (Wildman–Crippen LogP) is 3.00. The quantitative estimate of drug-likeness (QED) is 0.656. The molecule has 0 saturated carbocycles. The second kappa shape index (κ2) is 7.87. The highest BCUT2D eigenvalue weighted by molar-refractivity contribution is 6.09. The van der Waals surface area contributed by atoms with Crippen LogP contribution in [0, 0.1) is 0 Å². The number of amides is 2. The Morgan fingerprint density at radius 2 is 1.62 bits per heavy atom. The molecule has 5 nitrogen and oxygen atoms in total. The molecule has 0 heterocycles. The first-order chi connectivity index (χ1) is 11.5. The molecule has 0 bridgehead atoms. The lowest BCUT2D eigenvalue weighted by Gasteiger charge is -2.10. The molecule has 0 atom stereocenters. The minimum atomic E-state index is -0.463. The second-order valence-corrected chi connectivity index (χ2v) is 5.24. The summed E-state index contributed by atoms with van der Waals surface area (Å²) in [5, 5.41) is 5.22. The summed E-state index contributed by atoms with van der Waals surface area (Å²) in [6.45, 7) is 2.79. The average Bonchev–Trinajstić information content (AvgIpc) is 2.55. The number of rotatable bonds is 5. The Labute approximate surface area is 140 Å². The molecule has 2 amide bonds. The van der Waals surface area contributed by atoms with Crippen molar-refractivity contribution >= 4 is 29.4 Å². The Kier molecular flexibility index (Phi) is 5.63. The van der Waals surface area contributed by atoms with Crippen LogP contribution in [0.25, 0.3) is 6.08 Å². The Morgan fingerprint density at radius 1 is 0.917 bits per heavy atom. The maximum Gasteiger partial charge on any atom is 0.272 e. The zero-order chi connectivity index (χ0) is 17.5. The first kappa shape index (κ1) is 17.1. The third-order valence-corrected chi connectivity index (χ3v) is 3.19. The molecule has 0 aliphatic carbocycles. The van der Waals surface area contributed by atoms with Gasteiger partial charge in [0.1, 0.15) is 5.70 Å². The van der Waals surface area contributed by atoms with Crippen LogP contribution in [-0.4, -0.2) is 17.6 Å². The van der Waals surface area contributed by atoms with Gasteiger partial charge in [0.25, 0.3) is 5.91 Å². The maximum absolute atomic E-state index is 12.5. The molecule has 24 heavy (non-hydrogen) atoms. The first-order valence-corrected chi connectivity index (χ1v) is 7.42. The van der Waals surface area contributed by atoms with Gasteiger partial charge in [0.2, 0.25) is 5.91 Å². The van der Waals surface area contributed by atoms with Crippen molar-refractivity contribution in [3.8, 4) is 0 Å². The van der Waals surface area contributed by atoms with E-state index in [0.717, 1.165) is 5.56 Å².